The molecule has 0 saturated carbocycles. The highest BCUT2D eigenvalue weighted by Gasteiger charge is 2.30. The van der Waals surface area contributed by atoms with Crippen molar-refractivity contribution in [1.29, 1.82) is 0 Å². The smallest absolute Gasteiger partial charge is 0.270 e. The van der Waals surface area contributed by atoms with Gasteiger partial charge in [0.25, 0.3) is 11.6 Å². The fourth-order valence-electron chi connectivity index (χ4n) is 4.77. The summed E-state index contributed by atoms with van der Waals surface area (Å²) in [7, 11) is 0. The summed E-state index contributed by atoms with van der Waals surface area (Å²) in [5.41, 5.74) is 4.99. The summed E-state index contributed by atoms with van der Waals surface area (Å²) in [5, 5.41) is 17.6. The maximum atomic E-state index is 13.0. The molecule has 1 amide bonds. The highest BCUT2D eigenvalue weighted by atomic mass is 16.6. The minimum absolute atomic E-state index is 0.0526. The first-order valence-corrected chi connectivity index (χ1v) is 12.1. The van der Waals surface area contributed by atoms with Crippen LogP contribution in [0.5, 0.6) is 0 Å². The summed E-state index contributed by atoms with van der Waals surface area (Å²) in [6.07, 6.45) is 4.93. The van der Waals surface area contributed by atoms with E-state index >= 15 is 0 Å². The van der Waals surface area contributed by atoms with Crippen LogP contribution in [0, 0.1) is 10.1 Å². The molecule has 7 nitrogen and oxygen atoms in total. The predicted octanol–water partition coefficient (Wildman–Crippen LogP) is 5.56. The second-order valence-corrected chi connectivity index (χ2v) is 9.03. The number of amides is 1. The molecule has 3 aromatic rings. The number of carbonyl (C=O) groups is 1. The lowest BCUT2D eigenvalue weighted by molar-refractivity contribution is -0.384. The topological polar surface area (TPSA) is 87.5 Å². The Morgan fingerprint density at radius 3 is 2.43 bits per heavy atom. The predicted molar refractivity (Wildman–Crippen MR) is 139 cm³/mol. The van der Waals surface area contributed by atoms with Gasteiger partial charge >= 0.3 is 0 Å². The number of fused-ring (bicyclic) bond motifs is 1. The number of non-ortho nitro benzene ring substituents is 1. The molecule has 35 heavy (non-hydrogen) atoms. The molecule has 0 atom stereocenters. The van der Waals surface area contributed by atoms with Gasteiger partial charge in [-0.15, -0.1) is 0 Å². The summed E-state index contributed by atoms with van der Waals surface area (Å²) in [5.74, 6) is -0.287. The van der Waals surface area contributed by atoms with Crippen LogP contribution in [-0.2, 0) is 11.2 Å². The third-order valence-electron chi connectivity index (χ3n) is 6.66. The number of nitro benzene ring substituents is 1. The van der Waals surface area contributed by atoms with Gasteiger partial charge in [0.05, 0.1) is 16.2 Å². The van der Waals surface area contributed by atoms with Crippen molar-refractivity contribution in [2.75, 3.05) is 30.3 Å². The van der Waals surface area contributed by atoms with E-state index in [1.165, 1.54) is 50.0 Å². The van der Waals surface area contributed by atoms with Crippen LogP contribution in [-0.4, -0.2) is 35.4 Å². The first-order chi connectivity index (χ1) is 17.1. The molecule has 2 aliphatic rings. The van der Waals surface area contributed by atoms with Crippen LogP contribution >= 0.6 is 0 Å². The molecule has 7 heteroatoms. The zero-order chi connectivity index (χ0) is 24.2. The summed E-state index contributed by atoms with van der Waals surface area (Å²) >= 11 is 0. The number of anilines is 2. The van der Waals surface area contributed by atoms with E-state index in [-0.39, 0.29) is 11.6 Å². The van der Waals surface area contributed by atoms with Crippen LogP contribution in [0.15, 0.2) is 72.8 Å². The molecule has 0 aromatic heterocycles. The van der Waals surface area contributed by atoms with Gasteiger partial charge in [0.15, 0.2) is 0 Å². The number of nitrogens with zero attached hydrogens (tertiary/aromatic N) is 2. The Morgan fingerprint density at radius 2 is 1.71 bits per heavy atom. The van der Waals surface area contributed by atoms with Gasteiger partial charge in [0.2, 0.25) is 0 Å². The monoisotopic (exact) mass is 468 g/mol. The zero-order valence-electron chi connectivity index (χ0n) is 19.5. The summed E-state index contributed by atoms with van der Waals surface area (Å²) in [4.78, 5) is 26.5. The number of nitro groups is 1. The molecule has 2 aliphatic heterocycles. The standard InChI is InChI=1S/C28H28N4O3/c33-28-26(24-19-23(32(34)35)13-14-25(24)30-28)27(21-7-3-1-4-8-21)29-22-11-9-20(10-12-22)15-18-31-16-5-2-6-17-31/h1,3-4,7-14,19,29H,2,5-6,15-18H2,(H,30,33). The van der Waals surface area contributed by atoms with Gasteiger partial charge in [-0.2, -0.15) is 0 Å². The quantitative estimate of drug-likeness (QED) is 0.269. The average Bonchev–Trinajstić information content (AvgIpc) is 3.22. The molecule has 5 rings (SSSR count). The molecule has 0 radical (unpaired) electrons. The second kappa shape index (κ2) is 10.1. The molecule has 3 aromatic carbocycles. The van der Waals surface area contributed by atoms with E-state index in [1.54, 1.807) is 6.07 Å². The number of piperidine rings is 1. The van der Waals surface area contributed by atoms with E-state index in [4.69, 9.17) is 0 Å². The normalized spacial score (nSPS) is 17.0. The molecular weight excluding hydrogens is 440 g/mol. The highest BCUT2D eigenvalue weighted by molar-refractivity contribution is 6.37. The van der Waals surface area contributed by atoms with E-state index in [1.807, 2.05) is 42.5 Å². The Hall–Kier alpha value is -3.97. The molecular formula is C28H28N4O3. The van der Waals surface area contributed by atoms with E-state index in [0.29, 0.717) is 22.5 Å². The number of hydrogen-bond acceptors (Lipinski definition) is 5. The Morgan fingerprint density at radius 1 is 0.971 bits per heavy atom. The van der Waals surface area contributed by atoms with Crippen molar-refractivity contribution in [1.82, 2.24) is 4.90 Å². The van der Waals surface area contributed by atoms with Crippen LogP contribution < -0.4 is 10.6 Å². The number of likely N-dealkylation sites (tertiary alicyclic amines) is 1. The molecule has 2 heterocycles. The summed E-state index contributed by atoms with van der Waals surface area (Å²) in [6.45, 7) is 3.45. The number of carbonyl (C=O) groups excluding carboxylic acids is 1. The largest absolute Gasteiger partial charge is 0.354 e. The first-order valence-electron chi connectivity index (χ1n) is 12.1. The van der Waals surface area contributed by atoms with Gasteiger partial charge in [0, 0.05) is 35.6 Å². The van der Waals surface area contributed by atoms with Gasteiger partial charge in [-0.3, -0.25) is 14.9 Å². The maximum absolute atomic E-state index is 13.0. The fraction of sp³-hybridized carbons (Fsp3) is 0.250. The minimum atomic E-state index is -0.446. The molecule has 0 aliphatic carbocycles. The van der Waals surface area contributed by atoms with Crippen LogP contribution in [0.25, 0.3) is 11.3 Å². The number of nitrogens with one attached hydrogen (secondary N) is 2. The minimum Gasteiger partial charge on any atom is -0.354 e. The lowest BCUT2D eigenvalue weighted by Gasteiger charge is -2.26. The van der Waals surface area contributed by atoms with Crippen molar-refractivity contribution in [3.8, 4) is 0 Å². The Kier molecular flexibility index (Phi) is 6.59. The van der Waals surface area contributed by atoms with Crippen molar-refractivity contribution in [3.05, 3.63) is 99.6 Å². The number of rotatable bonds is 7. The van der Waals surface area contributed by atoms with Crippen LogP contribution in [0.3, 0.4) is 0 Å². The highest BCUT2D eigenvalue weighted by Crippen LogP contribution is 2.39. The Balaban J connectivity index is 1.45. The SMILES string of the molecule is O=C1Nc2ccc([N+](=O)[O-])cc2C1=C(Nc1ccc(CCN2CCCCC2)cc1)c1ccccc1. The van der Waals surface area contributed by atoms with Crippen molar-refractivity contribution in [3.63, 3.8) is 0 Å². The molecule has 0 unspecified atom stereocenters. The van der Waals surface area contributed by atoms with E-state index in [2.05, 4.69) is 27.7 Å². The van der Waals surface area contributed by atoms with E-state index < -0.39 is 4.92 Å². The van der Waals surface area contributed by atoms with Gasteiger partial charge in [-0.05, 0) is 61.7 Å². The van der Waals surface area contributed by atoms with Gasteiger partial charge in [-0.1, -0.05) is 48.9 Å². The molecule has 0 bridgehead atoms. The molecule has 1 saturated heterocycles. The second-order valence-electron chi connectivity index (χ2n) is 9.03. The van der Waals surface area contributed by atoms with Crippen molar-refractivity contribution in [2.45, 2.75) is 25.7 Å². The third-order valence-corrected chi connectivity index (χ3v) is 6.66. The number of hydrogen-bond donors (Lipinski definition) is 2. The molecule has 178 valence electrons. The summed E-state index contributed by atoms with van der Waals surface area (Å²) < 4.78 is 0. The van der Waals surface area contributed by atoms with Crippen LogP contribution in [0.1, 0.15) is 36.0 Å². The molecule has 0 spiro atoms. The lowest BCUT2D eigenvalue weighted by atomic mass is 9.99. The van der Waals surface area contributed by atoms with Crippen molar-refractivity contribution in [2.24, 2.45) is 0 Å². The lowest BCUT2D eigenvalue weighted by Crippen LogP contribution is -2.31. The molecule has 2 N–H and O–H groups in total. The van der Waals surface area contributed by atoms with E-state index in [9.17, 15) is 14.9 Å². The first kappa shape index (κ1) is 22.8. The average molecular weight is 469 g/mol. The van der Waals surface area contributed by atoms with Crippen LogP contribution in [0.4, 0.5) is 17.1 Å². The van der Waals surface area contributed by atoms with Crippen molar-refractivity contribution >= 4 is 34.2 Å². The molecule has 1 fully saturated rings. The van der Waals surface area contributed by atoms with Gasteiger partial charge < -0.3 is 15.5 Å². The van der Waals surface area contributed by atoms with Crippen LogP contribution in [0.2, 0.25) is 0 Å². The third kappa shape index (κ3) is 5.10. The van der Waals surface area contributed by atoms with Gasteiger partial charge in [0.1, 0.15) is 0 Å². The summed E-state index contributed by atoms with van der Waals surface area (Å²) in [6, 6.07) is 22.3. The van der Waals surface area contributed by atoms with Crippen molar-refractivity contribution < 1.29 is 9.72 Å². The Labute approximate surface area is 204 Å². The fourth-order valence-corrected chi connectivity index (χ4v) is 4.77. The maximum Gasteiger partial charge on any atom is 0.270 e. The van der Waals surface area contributed by atoms with Gasteiger partial charge in [-0.25, -0.2) is 0 Å². The van der Waals surface area contributed by atoms with E-state index in [0.717, 1.165) is 24.2 Å². The number of benzene rings is 3. The zero-order valence-corrected chi connectivity index (χ0v) is 19.5. The Bertz CT molecular complexity index is 1260.